The third-order valence-corrected chi connectivity index (χ3v) is 4.31. The summed E-state index contributed by atoms with van der Waals surface area (Å²) in [6.45, 7) is 0.180. The first-order valence-electron chi connectivity index (χ1n) is 6.31. The van der Waals surface area contributed by atoms with Gasteiger partial charge in [-0.1, -0.05) is 23.1 Å². The number of nitro groups is 1. The number of carbonyl (C=O) groups excluding carboxylic acids is 1. The molecule has 1 aliphatic rings. The smallest absolute Gasteiger partial charge is 0.269 e. The van der Waals surface area contributed by atoms with E-state index in [9.17, 15) is 14.9 Å². The van der Waals surface area contributed by atoms with E-state index in [1.807, 2.05) is 0 Å². The number of nitrogens with one attached hydrogen (secondary N) is 1. The topological polar surface area (TPSA) is 120 Å². The molecule has 1 fully saturated rings. The minimum atomic E-state index is -0.472. The van der Waals surface area contributed by atoms with Gasteiger partial charge in [-0.2, -0.15) is 4.99 Å². The zero-order valence-electron chi connectivity index (χ0n) is 11.5. The fourth-order valence-corrected chi connectivity index (χ4v) is 2.99. The Balaban J connectivity index is 1.59. The molecule has 118 valence electrons. The highest BCUT2D eigenvalue weighted by molar-refractivity contribution is 8.15. The Morgan fingerprint density at radius 1 is 1.35 bits per heavy atom. The number of rotatable bonds is 5. The van der Waals surface area contributed by atoms with E-state index in [0.717, 1.165) is 0 Å². The van der Waals surface area contributed by atoms with Gasteiger partial charge in [0.1, 0.15) is 12.4 Å². The van der Waals surface area contributed by atoms with Crippen LogP contribution in [0.3, 0.4) is 0 Å². The minimum absolute atomic E-state index is 0.00230. The zero-order valence-corrected chi connectivity index (χ0v) is 13.1. The van der Waals surface area contributed by atoms with Crippen LogP contribution in [0.1, 0.15) is 5.01 Å². The molecule has 1 aromatic carbocycles. The molecule has 1 saturated heterocycles. The van der Waals surface area contributed by atoms with Crippen molar-refractivity contribution in [3.63, 3.8) is 0 Å². The highest BCUT2D eigenvalue weighted by Crippen LogP contribution is 2.23. The maximum absolute atomic E-state index is 11.1. The lowest BCUT2D eigenvalue weighted by Crippen LogP contribution is -2.19. The maximum Gasteiger partial charge on any atom is 0.269 e. The van der Waals surface area contributed by atoms with E-state index in [4.69, 9.17) is 4.74 Å². The Morgan fingerprint density at radius 2 is 2.13 bits per heavy atom. The first-order chi connectivity index (χ1) is 11.1. The monoisotopic (exact) mass is 351 g/mol. The Labute approximate surface area is 137 Å². The third kappa shape index (κ3) is 4.02. The molecule has 0 unspecified atom stereocenters. The summed E-state index contributed by atoms with van der Waals surface area (Å²) in [6.07, 6.45) is 0. The molecular weight excluding hydrogens is 342 g/mol. The molecule has 1 aliphatic heterocycles. The van der Waals surface area contributed by atoms with E-state index in [0.29, 0.717) is 26.8 Å². The standard InChI is InChI=1S/C12H9N5O4S2/c18-9-6-22-11(13-9)14-12-16-15-10(23-12)5-21-8-3-1-7(2-4-8)17(19)20/h1-4H,5-6H2,(H,13,14,16,18). The van der Waals surface area contributed by atoms with Crippen LogP contribution in [-0.4, -0.2) is 31.9 Å². The number of hydrogen-bond donors (Lipinski definition) is 1. The molecule has 9 nitrogen and oxygen atoms in total. The SMILES string of the molecule is O=C1CS/C(=N/c2nnc(COc3ccc([N+](=O)[O-])cc3)s2)N1. The van der Waals surface area contributed by atoms with E-state index in [1.165, 1.54) is 47.4 Å². The lowest BCUT2D eigenvalue weighted by atomic mass is 10.3. The van der Waals surface area contributed by atoms with Crippen LogP contribution in [0.25, 0.3) is 0 Å². The largest absolute Gasteiger partial charge is 0.486 e. The van der Waals surface area contributed by atoms with Crippen molar-refractivity contribution in [1.29, 1.82) is 0 Å². The van der Waals surface area contributed by atoms with Crippen molar-refractivity contribution in [2.75, 3.05) is 5.75 Å². The molecule has 23 heavy (non-hydrogen) atoms. The van der Waals surface area contributed by atoms with Crippen molar-refractivity contribution in [2.45, 2.75) is 6.61 Å². The fraction of sp³-hybridized carbons (Fsp3) is 0.167. The summed E-state index contributed by atoms with van der Waals surface area (Å²) < 4.78 is 5.49. The van der Waals surface area contributed by atoms with Crippen LogP contribution in [0.5, 0.6) is 5.75 Å². The van der Waals surface area contributed by atoms with Crippen LogP contribution in [0.4, 0.5) is 10.8 Å². The summed E-state index contributed by atoms with van der Waals surface area (Å²) in [4.78, 5) is 25.3. The fourth-order valence-electron chi connectivity index (χ4n) is 1.63. The number of aromatic nitrogens is 2. The number of aliphatic imine (C=N–C) groups is 1. The number of non-ortho nitro benzene ring substituents is 1. The molecule has 2 heterocycles. The number of nitro benzene ring substituents is 1. The number of ether oxygens (including phenoxy) is 1. The van der Waals surface area contributed by atoms with Gasteiger partial charge in [0.25, 0.3) is 5.69 Å². The van der Waals surface area contributed by atoms with Gasteiger partial charge >= 0.3 is 0 Å². The van der Waals surface area contributed by atoms with Gasteiger partial charge in [-0.25, -0.2) is 0 Å². The summed E-state index contributed by atoms with van der Waals surface area (Å²) in [5.41, 5.74) is 0.00230. The maximum atomic E-state index is 11.1. The van der Waals surface area contributed by atoms with Gasteiger partial charge in [-0.15, -0.1) is 10.2 Å². The van der Waals surface area contributed by atoms with Gasteiger partial charge in [0, 0.05) is 12.1 Å². The molecule has 0 aliphatic carbocycles. The first kappa shape index (κ1) is 15.4. The van der Waals surface area contributed by atoms with E-state index >= 15 is 0 Å². The molecule has 0 spiro atoms. The van der Waals surface area contributed by atoms with Crippen LogP contribution in [0, 0.1) is 10.1 Å². The molecule has 1 N–H and O–H groups in total. The van der Waals surface area contributed by atoms with Crippen molar-refractivity contribution >= 4 is 45.0 Å². The van der Waals surface area contributed by atoms with Gasteiger partial charge in [-0.3, -0.25) is 14.9 Å². The summed E-state index contributed by atoms with van der Waals surface area (Å²) in [6, 6.07) is 5.77. The molecular formula is C12H9N5O4S2. The van der Waals surface area contributed by atoms with Crippen LogP contribution in [0.2, 0.25) is 0 Å². The van der Waals surface area contributed by atoms with Crippen molar-refractivity contribution in [2.24, 2.45) is 4.99 Å². The number of amides is 1. The van der Waals surface area contributed by atoms with Crippen LogP contribution >= 0.6 is 23.1 Å². The average molecular weight is 351 g/mol. The zero-order chi connectivity index (χ0) is 16.2. The van der Waals surface area contributed by atoms with Gasteiger partial charge in [-0.05, 0) is 12.1 Å². The summed E-state index contributed by atoms with van der Waals surface area (Å²) >= 11 is 2.55. The van der Waals surface area contributed by atoms with Gasteiger partial charge < -0.3 is 10.1 Å². The Kier molecular flexibility index (Phi) is 4.48. The average Bonchev–Trinajstić information content (AvgIpc) is 3.15. The van der Waals surface area contributed by atoms with Gasteiger partial charge in [0.15, 0.2) is 10.2 Å². The molecule has 1 aromatic heterocycles. The molecule has 1 amide bonds. The van der Waals surface area contributed by atoms with Gasteiger partial charge in [0.05, 0.1) is 10.7 Å². The summed E-state index contributed by atoms with van der Waals surface area (Å²) in [5.74, 6) is 0.769. The number of hydrogen-bond acceptors (Lipinski definition) is 9. The van der Waals surface area contributed by atoms with E-state index < -0.39 is 4.92 Å². The second kappa shape index (κ2) is 6.71. The molecule has 0 saturated carbocycles. The van der Waals surface area contributed by atoms with Crippen molar-refractivity contribution in [3.8, 4) is 5.75 Å². The summed E-state index contributed by atoms with van der Waals surface area (Å²) in [7, 11) is 0. The number of thioether (sulfide) groups is 1. The molecule has 0 bridgehead atoms. The van der Waals surface area contributed by atoms with Crippen LogP contribution in [0.15, 0.2) is 29.3 Å². The van der Waals surface area contributed by atoms with Crippen LogP contribution in [-0.2, 0) is 11.4 Å². The lowest BCUT2D eigenvalue weighted by Gasteiger charge is -2.02. The molecule has 0 atom stereocenters. The van der Waals surface area contributed by atoms with Gasteiger partial charge in [0.2, 0.25) is 11.0 Å². The highest BCUT2D eigenvalue weighted by Gasteiger charge is 2.17. The van der Waals surface area contributed by atoms with Crippen molar-refractivity contribution < 1.29 is 14.5 Å². The third-order valence-electron chi connectivity index (χ3n) is 2.65. The number of benzene rings is 1. The molecule has 0 radical (unpaired) electrons. The summed E-state index contributed by atoms with van der Waals surface area (Å²) in [5, 5.41) is 22.6. The van der Waals surface area contributed by atoms with E-state index in [2.05, 4.69) is 20.5 Å². The minimum Gasteiger partial charge on any atom is -0.486 e. The second-order valence-electron chi connectivity index (χ2n) is 4.27. The quantitative estimate of drug-likeness (QED) is 0.645. The van der Waals surface area contributed by atoms with E-state index in [-0.39, 0.29) is 18.2 Å². The van der Waals surface area contributed by atoms with Crippen LogP contribution < -0.4 is 10.1 Å². The Morgan fingerprint density at radius 3 is 2.78 bits per heavy atom. The highest BCUT2D eigenvalue weighted by atomic mass is 32.2. The Hall–Kier alpha value is -2.53. The molecule has 2 aromatic rings. The second-order valence-corrected chi connectivity index (χ2v) is 6.28. The van der Waals surface area contributed by atoms with Crippen molar-refractivity contribution in [3.05, 3.63) is 39.4 Å². The number of nitrogens with zero attached hydrogens (tertiary/aromatic N) is 4. The Bertz CT molecular complexity index is 774. The first-order valence-corrected chi connectivity index (χ1v) is 8.11. The molecule has 3 rings (SSSR count). The predicted octanol–water partition coefficient (Wildman–Crippen LogP) is 1.88. The van der Waals surface area contributed by atoms with E-state index in [1.54, 1.807) is 0 Å². The normalized spacial score (nSPS) is 15.7. The lowest BCUT2D eigenvalue weighted by molar-refractivity contribution is -0.384. The predicted molar refractivity (Wildman–Crippen MR) is 85.0 cm³/mol. The number of amidine groups is 1. The number of carbonyl (C=O) groups is 1. The molecule has 11 heteroatoms. The van der Waals surface area contributed by atoms with Crippen molar-refractivity contribution in [1.82, 2.24) is 15.5 Å².